The summed E-state index contributed by atoms with van der Waals surface area (Å²) in [6, 6.07) is 14.1. The number of hydrogen-bond donors (Lipinski definition) is 1. The molecule has 1 saturated heterocycles. The first-order valence-electron chi connectivity index (χ1n) is 9.49. The molecule has 0 aliphatic carbocycles. The van der Waals surface area contributed by atoms with Crippen LogP contribution in [0.2, 0.25) is 0 Å². The van der Waals surface area contributed by atoms with Crippen molar-refractivity contribution in [1.29, 1.82) is 0 Å². The molecule has 1 fully saturated rings. The fraction of sp³-hybridized carbons (Fsp3) is 0.350. The molecule has 0 saturated carbocycles. The molecule has 8 nitrogen and oxygen atoms in total. The van der Waals surface area contributed by atoms with Crippen molar-refractivity contribution in [1.82, 2.24) is 30.1 Å². The highest BCUT2D eigenvalue weighted by Gasteiger charge is 2.20. The van der Waals surface area contributed by atoms with E-state index in [2.05, 4.69) is 30.4 Å². The minimum atomic E-state index is 0. The Bertz CT molecular complexity index is 887. The number of guanidine groups is 1. The number of hydrogen-bond acceptors (Lipinski definition) is 5. The number of aromatic nitrogens is 3. The first-order valence-corrected chi connectivity index (χ1v) is 9.49. The molecule has 0 radical (unpaired) electrons. The maximum absolute atomic E-state index is 4.91. The summed E-state index contributed by atoms with van der Waals surface area (Å²) in [5.41, 5.74) is 3.01. The van der Waals surface area contributed by atoms with E-state index >= 15 is 0 Å². The minimum Gasteiger partial charge on any atom is -0.364 e. The van der Waals surface area contributed by atoms with Crippen LogP contribution in [0.4, 0.5) is 0 Å². The van der Waals surface area contributed by atoms with Crippen LogP contribution >= 0.6 is 24.0 Å². The van der Waals surface area contributed by atoms with Gasteiger partial charge in [0.05, 0.1) is 23.6 Å². The Hall–Kier alpha value is -2.40. The summed E-state index contributed by atoms with van der Waals surface area (Å²) in [7, 11) is 1.83. The summed E-state index contributed by atoms with van der Waals surface area (Å²) in [6.07, 6.45) is 3.61. The number of aliphatic imine (C=N–C) groups is 1. The Morgan fingerprint density at radius 2 is 1.86 bits per heavy atom. The first-order chi connectivity index (χ1) is 13.8. The van der Waals surface area contributed by atoms with Crippen molar-refractivity contribution < 1.29 is 4.52 Å². The molecular weight excluding hydrogens is 481 g/mol. The van der Waals surface area contributed by atoms with Gasteiger partial charge in [-0.2, -0.15) is 5.10 Å². The SMILES string of the molecule is CN=C(NCc1ccn(-c2ccccc2)n1)N1CCN(Cc2ccon2)CC1.I. The van der Waals surface area contributed by atoms with Gasteiger partial charge in [-0.15, -0.1) is 24.0 Å². The fourth-order valence-corrected chi connectivity index (χ4v) is 3.35. The van der Waals surface area contributed by atoms with Crippen LogP contribution in [0.3, 0.4) is 0 Å². The van der Waals surface area contributed by atoms with Gasteiger partial charge < -0.3 is 14.7 Å². The Balaban J connectivity index is 0.00000240. The molecular formula is C20H26IN7O. The molecule has 9 heteroatoms. The van der Waals surface area contributed by atoms with Gasteiger partial charge in [0, 0.05) is 52.0 Å². The van der Waals surface area contributed by atoms with Gasteiger partial charge in [-0.3, -0.25) is 9.89 Å². The number of benzene rings is 1. The van der Waals surface area contributed by atoms with E-state index in [1.54, 1.807) is 6.26 Å². The number of rotatable bonds is 5. The zero-order valence-corrected chi connectivity index (χ0v) is 18.8. The molecule has 154 valence electrons. The third kappa shape index (κ3) is 5.57. The lowest BCUT2D eigenvalue weighted by atomic mass is 10.3. The molecule has 0 spiro atoms. The van der Waals surface area contributed by atoms with E-state index in [1.807, 2.05) is 60.4 Å². The van der Waals surface area contributed by atoms with Gasteiger partial charge in [0.15, 0.2) is 5.96 Å². The van der Waals surface area contributed by atoms with Gasteiger partial charge in [0.1, 0.15) is 6.26 Å². The van der Waals surface area contributed by atoms with Crippen LogP contribution in [0.25, 0.3) is 5.69 Å². The first kappa shape index (κ1) is 21.3. The molecule has 1 aliphatic heterocycles. The second-order valence-corrected chi connectivity index (χ2v) is 6.74. The quantitative estimate of drug-likeness (QED) is 0.325. The predicted molar refractivity (Wildman–Crippen MR) is 123 cm³/mol. The van der Waals surface area contributed by atoms with E-state index in [0.29, 0.717) is 6.54 Å². The van der Waals surface area contributed by atoms with Crippen LogP contribution in [-0.2, 0) is 13.1 Å². The Morgan fingerprint density at radius 3 is 2.55 bits per heavy atom. The maximum atomic E-state index is 4.91. The summed E-state index contributed by atoms with van der Waals surface area (Å²) < 4.78 is 6.80. The smallest absolute Gasteiger partial charge is 0.194 e. The molecule has 1 aliphatic rings. The van der Waals surface area contributed by atoms with Crippen molar-refractivity contribution in [3.8, 4) is 5.69 Å². The lowest BCUT2D eigenvalue weighted by Crippen LogP contribution is -2.52. The highest BCUT2D eigenvalue weighted by atomic mass is 127. The molecule has 0 amide bonds. The number of nitrogens with one attached hydrogen (secondary N) is 1. The van der Waals surface area contributed by atoms with Crippen LogP contribution in [0, 0.1) is 0 Å². The molecule has 2 aromatic heterocycles. The molecule has 1 N–H and O–H groups in total. The van der Waals surface area contributed by atoms with Crippen LogP contribution in [0.1, 0.15) is 11.4 Å². The van der Waals surface area contributed by atoms with Crippen molar-refractivity contribution in [2.24, 2.45) is 4.99 Å². The number of piperazine rings is 1. The van der Waals surface area contributed by atoms with E-state index in [1.165, 1.54) is 0 Å². The Kier molecular flexibility index (Phi) is 7.64. The molecule has 0 bridgehead atoms. The second-order valence-electron chi connectivity index (χ2n) is 6.74. The van der Waals surface area contributed by atoms with E-state index in [4.69, 9.17) is 4.52 Å². The van der Waals surface area contributed by atoms with Crippen molar-refractivity contribution in [3.05, 3.63) is 66.3 Å². The van der Waals surface area contributed by atoms with E-state index in [-0.39, 0.29) is 24.0 Å². The molecule has 3 aromatic rings. The van der Waals surface area contributed by atoms with Crippen LogP contribution < -0.4 is 5.32 Å². The zero-order valence-electron chi connectivity index (χ0n) is 16.4. The second kappa shape index (κ2) is 10.4. The van der Waals surface area contributed by atoms with Gasteiger partial charge in [-0.25, -0.2) is 4.68 Å². The highest BCUT2D eigenvalue weighted by Crippen LogP contribution is 2.09. The van der Waals surface area contributed by atoms with Crippen molar-refractivity contribution in [3.63, 3.8) is 0 Å². The van der Waals surface area contributed by atoms with Crippen molar-refractivity contribution in [2.45, 2.75) is 13.1 Å². The van der Waals surface area contributed by atoms with Crippen LogP contribution in [-0.4, -0.2) is 63.9 Å². The number of nitrogens with zero attached hydrogens (tertiary/aromatic N) is 6. The summed E-state index contributed by atoms with van der Waals surface area (Å²) in [4.78, 5) is 9.11. The summed E-state index contributed by atoms with van der Waals surface area (Å²) >= 11 is 0. The average molecular weight is 507 g/mol. The summed E-state index contributed by atoms with van der Waals surface area (Å²) in [5.74, 6) is 0.912. The molecule has 29 heavy (non-hydrogen) atoms. The van der Waals surface area contributed by atoms with E-state index < -0.39 is 0 Å². The van der Waals surface area contributed by atoms with Gasteiger partial charge in [0.2, 0.25) is 0 Å². The molecule has 0 atom stereocenters. The largest absolute Gasteiger partial charge is 0.364 e. The maximum Gasteiger partial charge on any atom is 0.194 e. The van der Waals surface area contributed by atoms with Crippen LogP contribution in [0.15, 0.2) is 64.4 Å². The van der Waals surface area contributed by atoms with Crippen molar-refractivity contribution in [2.75, 3.05) is 33.2 Å². The Labute approximate surface area is 187 Å². The monoisotopic (exact) mass is 507 g/mol. The topological polar surface area (TPSA) is 74.7 Å². The van der Waals surface area contributed by atoms with E-state index in [0.717, 1.165) is 55.8 Å². The molecule has 0 unspecified atom stereocenters. The standard InChI is InChI=1S/C20H25N7O.HI/c1-21-20(26-12-10-25(11-13-26)16-18-8-14-28-24-18)22-15-17-7-9-27(23-17)19-5-3-2-4-6-19;/h2-9,14H,10-13,15-16H2,1H3,(H,21,22);1H. The minimum absolute atomic E-state index is 0. The predicted octanol–water partition coefficient (Wildman–Crippen LogP) is 2.37. The summed E-state index contributed by atoms with van der Waals surface area (Å²) in [5, 5.41) is 12.1. The third-order valence-corrected chi connectivity index (χ3v) is 4.85. The van der Waals surface area contributed by atoms with Gasteiger partial charge in [-0.1, -0.05) is 23.4 Å². The molecule has 1 aromatic carbocycles. The van der Waals surface area contributed by atoms with Gasteiger partial charge in [0.25, 0.3) is 0 Å². The zero-order chi connectivity index (χ0) is 19.2. The van der Waals surface area contributed by atoms with Crippen molar-refractivity contribution >= 4 is 29.9 Å². The Morgan fingerprint density at radius 1 is 1.07 bits per heavy atom. The number of para-hydroxylation sites is 1. The third-order valence-electron chi connectivity index (χ3n) is 4.85. The normalized spacial score (nSPS) is 15.2. The van der Waals surface area contributed by atoms with Crippen LogP contribution in [0.5, 0.6) is 0 Å². The fourth-order valence-electron chi connectivity index (χ4n) is 3.35. The average Bonchev–Trinajstić information content (AvgIpc) is 3.42. The van der Waals surface area contributed by atoms with Gasteiger partial charge >= 0.3 is 0 Å². The van der Waals surface area contributed by atoms with E-state index in [9.17, 15) is 0 Å². The molecule has 4 rings (SSSR count). The molecule has 3 heterocycles. The number of halogens is 1. The highest BCUT2D eigenvalue weighted by molar-refractivity contribution is 14.0. The lowest BCUT2D eigenvalue weighted by Gasteiger charge is -2.36. The van der Waals surface area contributed by atoms with Gasteiger partial charge in [-0.05, 0) is 18.2 Å². The lowest BCUT2D eigenvalue weighted by molar-refractivity contribution is 0.169. The summed E-state index contributed by atoms with van der Waals surface area (Å²) in [6.45, 7) is 5.26.